The Hall–Kier alpha value is -3.51. The topological polar surface area (TPSA) is 206 Å². The number of nitrogens with one attached hydrogen (secondary N) is 4. The van der Waals surface area contributed by atoms with Crippen molar-refractivity contribution in [1.82, 2.24) is 21.3 Å². The van der Waals surface area contributed by atoms with E-state index in [1.807, 2.05) is 30.3 Å². The summed E-state index contributed by atoms with van der Waals surface area (Å²) >= 11 is 0. The first-order valence-corrected chi connectivity index (χ1v) is 12.6. The fourth-order valence-electron chi connectivity index (χ4n) is 4.09. The molecule has 2 rings (SSSR count). The van der Waals surface area contributed by atoms with Gasteiger partial charge in [0.05, 0.1) is 6.04 Å². The highest BCUT2D eigenvalue weighted by atomic mass is 16.4. The van der Waals surface area contributed by atoms with Gasteiger partial charge in [0.1, 0.15) is 18.1 Å². The second kappa shape index (κ2) is 15.6. The van der Waals surface area contributed by atoms with Gasteiger partial charge in [0, 0.05) is 12.8 Å². The second-order valence-electron chi connectivity index (χ2n) is 9.15. The molecular weight excluding hydrogens is 480 g/mol. The molecule has 12 nitrogen and oxygen atoms in total. The van der Waals surface area contributed by atoms with E-state index in [0.29, 0.717) is 25.8 Å². The predicted molar refractivity (Wildman–Crippen MR) is 136 cm³/mol. The summed E-state index contributed by atoms with van der Waals surface area (Å²) in [5, 5.41) is 20.4. The molecule has 9 N–H and O–H groups in total. The zero-order valence-corrected chi connectivity index (χ0v) is 20.9. The molecule has 0 aliphatic carbocycles. The third kappa shape index (κ3) is 10.6. The molecule has 1 saturated heterocycles. The molecule has 0 spiro atoms. The number of hydrogen-bond acceptors (Lipinski definition) is 7. The standard InChI is InChI=1S/C25H38N6O6/c26-13-5-4-9-18(23(34)30-19(25(36)37)11-12-21(27)32)29-24(35)20(15-16-7-2-1-3-8-16)31-22(33)17-10-6-14-28-17/h1-3,7-8,17-20,28H,4-6,9-15,26H2,(H2,27,32)(H,29,35)(H,30,34)(H,31,33)(H,36,37). The van der Waals surface area contributed by atoms with Crippen LogP contribution in [0.4, 0.5) is 0 Å². The van der Waals surface area contributed by atoms with Gasteiger partial charge in [0.15, 0.2) is 0 Å². The van der Waals surface area contributed by atoms with Crippen LogP contribution in [-0.2, 0) is 30.4 Å². The lowest BCUT2D eigenvalue weighted by Gasteiger charge is -2.25. The summed E-state index contributed by atoms with van der Waals surface area (Å²) in [4.78, 5) is 61.8. The van der Waals surface area contributed by atoms with Crippen LogP contribution in [0.1, 0.15) is 50.5 Å². The minimum absolute atomic E-state index is 0.180. The summed E-state index contributed by atoms with van der Waals surface area (Å²) in [6.07, 6.45) is 2.65. The molecule has 0 bridgehead atoms. The fraction of sp³-hybridized carbons (Fsp3) is 0.560. The Balaban J connectivity index is 2.16. The number of amides is 4. The summed E-state index contributed by atoms with van der Waals surface area (Å²) in [5.74, 6) is -3.57. The number of carbonyl (C=O) groups is 5. The molecule has 1 aromatic carbocycles. The molecule has 4 amide bonds. The molecule has 0 aromatic heterocycles. The average Bonchev–Trinajstić information content (AvgIpc) is 3.41. The highest BCUT2D eigenvalue weighted by Gasteiger charge is 2.31. The van der Waals surface area contributed by atoms with Gasteiger partial charge in [0.25, 0.3) is 0 Å². The minimum Gasteiger partial charge on any atom is -0.480 e. The zero-order valence-electron chi connectivity index (χ0n) is 20.9. The smallest absolute Gasteiger partial charge is 0.326 e. The molecule has 0 radical (unpaired) electrons. The molecule has 4 atom stereocenters. The summed E-state index contributed by atoms with van der Waals surface area (Å²) < 4.78 is 0. The number of nitrogens with two attached hydrogens (primary N) is 2. The number of hydrogen-bond donors (Lipinski definition) is 7. The number of primary amides is 1. The molecule has 12 heteroatoms. The van der Waals surface area contributed by atoms with Crippen LogP contribution < -0.4 is 32.7 Å². The van der Waals surface area contributed by atoms with Crippen LogP contribution in [0, 0.1) is 0 Å². The quantitative estimate of drug-likeness (QED) is 0.134. The summed E-state index contributed by atoms with van der Waals surface area (Å²) in [6, 6.07) is 5.41. The number of carboxylic acids is 1. The van der Waals surface area contributed by atoms with Gasteiger partial charge in [0.2, 0.25) is 23.6 Å². The van der Waals surface area contributed by atoms with Crippen molar-refractivity contribution in [2.45, 2.75) is 75.5 Å². The maximum Gasteiger partial charge on any atom is 0.326 e. The van der Waals surface area contributed by atoms with Gasteiger partial charge in [-0.25, -0.2) is 4.79 Å². The maximum absolute atomic E-state index is 13.4. The van der Waals surface area contributed by atoms with Crippen LogP contribution in [0.5, 0.6) is 0 Å². The Bertz CT molecular complexity index is 922. The van der Waals surface area contributed by atoms with Crippen molar-refractivity contribution < 1.29 is 29.1 Å². The Kier molecular flexibility index (Phi) is 12.5. The third-order valence-corrected chi connectivity index (χ3v) is 6.17. The SMILES string of the molecule is NCCCCC(NC(=O)C(Cc1ccccc1)NC(=O)C1CCCN1)C(=O)NC(CCC(N)=O)C(=O)O. The second-order valence-corrected chi connectivity index (χ2v) is 9.15. The van der Waals surface area contributed by atoms with Crippen LogP contribution >= 0.6 is 0 Å². The third-order valence-electron chi connectivity index (χ3n) is 6.17. The molecule has 37 heavy (non-hydrogen) atoms. The highest BCUT2D eigenvalue weighted by Crippen LogP contribution is 2.10. The van der Waals surface area contributed by atoms with Crippen molar-refractivity contribution in [2.24, 2.45) is 11.5 Å². The van der Waals surface area contributed by atoms with E-state index in [9.17, 15) is 29.1 Å². The van der Waals surface area contributed by atoms with E-state index >= 15 is 0 Å². The Morgan fingerprint density at radius 1 is 0.946 bits per heavy atom. The highest BCUT2D eigenvalue weighted by molar-refractivity contribution is 5.94. The van der Waals surface area contributed by atoms with E-state index in [1.54, 1.807) is 0 Å². The molecule has 0 saturated carbocycles. The van der Waals surface area contributed by atoms with Crippen molar-refractivity contribution in [3.8, 4) is 0 Å². The van der Waals surface area contributed by atoms with Crippen LogP contribution in [0.3, 0.4) is 0 Å². The van der Waals surface area contributed by atoms with Gasteiger partial charge in [-0.2, -0.15) is 0 Å². The van der Waals surface area contributed by atoms with Crippen LogP contribution in [0.15, 0.2) is 30.3 Å². The normalized spacial score (nSPS) is 17.3. The van der Waals surface area contributed by atoms with E-state index in [2.05, 4.69) is 21.3 Å². The fourth-order valence-corrected chi connectivity index (χ4v) is 4.09. The van der Waals surface area contributed by atoms with Gasteiger partial charge >= 0.3 is 5.97 Å². The van der Waals surface area contributed by atoms with E-state index in [4.69, 9.17) is 11.5 Å². The predicted octanol–water partition coefficient (Wildman–Crippen LogP) is -1.09. The number of aliphatic carboxylic acids is 1. The van der Waals surface area contributed by atoms with Gasteiger partial charge in [-0.3, -0.25) is 19.2 Å². The van der Waals surface area contributed by atoms with Crippen molar-refractivity contribution in [3.63, 3.8) is 0 Å². The summed E-state index contributed by atoms with van der Waals surface area (Å²) in [6.45, 7) is 1.11. The van der Waals surface area contributed by atoms with E-state index in [0.717, 1.165) is 18.5 Å². The van der Waals surface area contributed by atoms with E-state index in [1.165, 1.54) is 0 Å². The van der Waals surface area contributed by atoms with Gasteiger partial charge in [-0.05, 0) is 57.2 Å². The van der Waals surface area contributed by atoms with Gasteiger partial charge in [-0.1, -0.05) is 30.3 Å². The van der Waals surface area contributed by atoms with E-state index in [-0.39, 0.29) is 31.6 Å². The first-order chi connectivity index (χ1) is 17.7. The Labute approximate surface area is 216 Å². The molecule has 1 fully saturated rings. The van der Waals surface area contributed by atoms with Crippen molar-refractivity contribution in [3.05, 3.63) is 35.9 Å². The minimum atomic E-state index is -1.35. The largest absolute Gasteiger partial charge is 0.480 e. The number of carbonyl (C=O) groups excluding carboxylic acids is 4. The maximum atomic E-state index is 13.4. The lowest BCUT2D eigenvalue weighted by molar-refractivity contribution is -0.142. The summed E-state index contributed by atoms with van der Waals surface area (Å²) in [7, 11) is 0. The molecule has 1 aliphatic rings. The molecule has 204 valence electrons. The van der Waals surface area contributed by atoms with Gasteiger partial charge in [-0.15, -0.1) is 0 Å². The average molecular weight is 519 g/mol. The number of rotatable bonds is 16. The molecule has 1 aromatic rings. The van der Waals surface area contributed by atoms with Crippen molar-refractivity contribution in [2.75, 3.05) is 13.1 Å². The van der Waals surface area contributed by atoms with Gasteiger partial charge < -0.3 is 37.8 Å². The van der Waals surface area contributed by atoms with Crippen molar-refractivity contribution >= 4 is 29.6 Å². The molecule has 1 heterocycles. The Morgan fingerprint density at radius 2 is 1.62 bits per heavy atom. The monoisotopic (exact) mass is 518 g/mol. The first kappa shape index (κ1) is 29.7. The van der Waals surface area contributed by atoms with Crippen LogP contribution in [-0.4, -0.2) is 72.0 Å². The van der Waals surface area contributed by atoms with Crippen molar-refractivity contribution in [1.29, 1.82) is 0 Å². The zero-order chi connectivity index (χ0) is 27.2. The van der Waals surface area contributed by atoms with Crippen LogP contribution in [0.2, 0.25) is 0 Å². The molecule has 1 aliphatic heterocycles. The number of carboxylic acid groups (broad SMARTS) is 1. The number of unbranched alkanes of at least 4 members (excludes halogenated alkanes) is 1. The lowest BCUT2D eigenvalue weighted by Crippen LogP contribution is -2.57. The van der Waals surface area contributed by atoms with Crippen LogP contribution in [0.25, 0.3) is 0 Å². The first-order valence-electron chi connectivity index (χ1n) is 12.6. The number of benzene rings is 1. The van der Waals surface area contributed by atoms with E-state index < -0.39 is 47.9 Å². The Morgan fingerprint density at radius 3 is 2.22 bits per heavy atom. The molecular formula is C25H38N6O6. The lowest BCUT2D eigenvalue weighted by atomic mass is 10.0. The summed E-state index contributed by atoms with van der Waals surface area (Å²) in [5.41, 5.74) is 11.5. The molecule has 4 unspecified atom stereocenters.